The van der Waals surface area contributed by atoms with E-state index < -0.39 is 17.6 Å². The Morgan fingerprint density at radius 2 is 1.69 bits per heavy atom. The van der Waals surface area contributed by atoms with Gasteiger partial charge in [0.05, 0.1) is 17.9 Å². The Morgan fingerprint density at radius 1 is 0.938 bits per heavy atom. The van der Waals surface area contributed by atoms with Crippen LogP contribution in [0.4, 0.5) is 15.8 Å². The number of carbonyl (C=O) groups is 2. The Bertz CT molecular complexity index is 1230. The van der Waals surface area contributed by atoms with Crippen molar-refractivity contribution in [1.29, 1.82) is 0 Å². The molecule has 1 heterocycles. The van der Waals surface area contributed by atoms with Gasteiger partial charge in [-0.3, -0.25) is 9.59 Å². The number of amides is 2. The number of aryl methyl sites for hydroxylation is 2. The fraction of sp³-hybridized carbons (Fsp3) is 0.154. The zero-order chi connectivity index (χ0) is 22.8. The molecule has 0 saturated heterocycles. The predicted molar refractivity (Wildman–Crippen MR) is 123 cm³/mol. The second kappa shape index (κ2) is 8.67. The molecule has 0 atom stereocenters. The second-order valence-electron chi connectivity index (χ2n) is 7.58. The molecule has 3 aromatic carbocycles. The van der Waals surface area contributed by atoms with E-state index in [4.69, 9.17) is 4.74 Å². The number of carbonyl (C=O) groups excluding carboxylic acids is 2. The second-order valence-corrected chi connectivity index (χ2v) is 7.58. The number of ether oxygens (including phenoxy) is 1. The average molecular weight is 430 g/mol. The normalized spacial score (nSPS) is 13.7. The molecule has 0 fully saturated rings. The number of hydrogen-bond donors (Lipinski definition) is 1. The maximum atomic E-state index is 13.5. The number of benzene rings is 3. The van der Waals surface area contributed by atoms with Crippen molar-refractivity contribution < 1.29 is 18.7 Å². The molecule has 0 spiro atoms. The summed E-state index contributed by atoms with van der Waals surface area (Å²) in [4.78, 5) is 28.2. The number of nitrogens with zero attached hydrogens (tertiary/aromatic N) is 1. The number of hydrogen-bond acceptors (Lipinski definition) is 4. The molecular weight excluding hydrogens is 407 g/mol. The van der Waals surface area contributed by atoms with Gasteiger partial charge in [0.25, 0.3) is 11.8 Å². The quantitative estimate of drug-likeness (QED) is 0.544. The third-order valence-corrected chi connectivity index (χ3v) is 5.24. The van der Waals surface area contributed by atoms with Crippen molar-refractivity contribution in [1.82, 2.24) is 0 Å². The summed E-state index contributed by atoms with van der Waals surface area (Å²) in [5, 5.41) is 3.11. The van der Waals surface area contributed by atoms with Gasteiger partial charge in [-0.05, 0) is 67.8 Å². The van der Waals surface area contributed by atoms with E-state index in [1.807, 2.05) is 45.0 Å². The van der Waals surface area contributed by atoms with Gasteiger partial charge in [-0.1, -0.05) is 30.3 Å². The van der Waals surface area contributed by atoms with Crippen molar-refractivity contribution in [3.05, 3.63) is 94.9 Å². The first-order valence-electron chi connectivity index (χ1n) is 10.3. The van der Waals surface area contributed by atoms with Crippen molar-refractivity contribution in [3.63, 3.8) is 0 Å². The van der Waals surface area contributed by atoms with E-state index in [1.165, 1.54) is 29.2 Å². The Labute approximate surface area is 186 Å². The van der Waals surface area contributed by atoms with E-state index in [0.717, 1.165) is 11.1 Å². The van der Waals surface area contributed by atoms with Gasteiger partial charge in [0.15, 0.2) is 0 Å². The lowest BCUT2D eigenvalue weighted by atomic mass is 10.0. The highest BCUT2D eigenvalue weighted by Crippen LogP contribution is 2.35. The van der Waals surface area contributed by atoms with Crippen LogP contribution in [0.5, 0.6) is 5.75 Å². The predicted octanol–water partition coefficient (Wildman–Crippen LogP) is 5.24. The minimum atomic E-state index is -0.468. The Kier molecular flexibility index (Phi) is 5.77. The third kappa shape index (κ3) is 3.99. The fourth-order valence-corrected chi connectivity index (χ4v) is 3.68. The van der Waals surface area contributed by atoms with E-state index in [1.54, 1.807) is 18.2 Å². The van der Waals surface area contributed by atoms with Crippen LogP contribution in [0.1, 0.15) is 23.6 Å². The van der Waals surface area contributed by atoms with Gasteiger partial charge in [-0.15, -0.1) is 0 Å². The zero-order valence-electron chi connectivity index (χ0n) is 18.1. The summed E-state index contributed by atoms with van der Waals surface area (Å²) in [5.41, 5.74) is 3.65. The van der Waals surface area contributed by atoms with Crippen LogP contribution in [0, 0.1) is 19.7 Å². The summed E-state index contributed by atoms with van der Waals surface area (Å²) in [5.74, 6) is -0.704. The molecule has 1 aliphatic rings. The van der Waals surface area contributed by atoms with Gasteiger partial charge < -0.3 is 10.1 Å². The number of anilines is 2. The highest BCUT2D eigenvalue weighted by molar-refractivity contribution is 6.46. The van der Waals surface area contributed by atoms with Gasteiger partial charge in [0.2, 0.25) is 0 Å². The number of imide groups is 1. The molecule has 0 bridgehead atoms. The number of nitrogens with one attached hydrogen (secondary N) is 1. The van der Waals surface area contributed by atoms with Gasteiger partial charge in [0, 0.05) is 11.8 Å². The van der Waals surface area contributed by atoms with E-state index in [9.17, 15) is 14.0 Å². The van der Waals surface area contributed by atoms with Crippen LogP contribution < -0.4 is 15.0 Å². The van der Waals surface area contributed by atoms with E-state index in [2.05, 4.69) is 5.32 Å². The van der Waals surface area contributed by atoms with Crippen molar-refractivity contribution in [2.45, 2.75) is 20.8 Å². The fourth-order valence-electron chi connectivity index (χ4n) is 3.68. The third-order valence-electron chi connectivity index (χ3n) is 5.24. The SMILES string of the molecule is CCOc1cccc(NC2=C(c3ccc(F)cc3)C(=O)N(c3cc(C)ccc3C)C2=O)c1. The standard InChI is InChI=1S/C26H23FN2O3/c1-4-32-21-7-5-6-20(15-21)28-24-23(18-10-12-19(27)13-11-18)25(30)29(26(24)31)22-14-16(2)8-9-17(22)3/h5-15,28H,4H2,1-3H3. The smallest absolute Gasteiger partial charge is 0.282 e. The topological polar surface area (TPSA) is 58.6 Å². The van der Waals surface area contributed by atoms with Crippen LogP contribution in [0.15, 0.2) is 72.4 Å². The first kappa shape index (κ1) is 21.3. The van der Waals surface area contributed by atoms with Crippen LogP contribution in [0.25, 0.3) is 5.57 Å². The summed E-state index contributed by atoms with van der Waals surface area (Å²) in [7, 11) is 0. The molecule has 2 amide bonds. The first-order valence-corrected chi connectivity index (χ1v) is 10.3. The molecule has 32 heavy (non-hydrogen) atoms. The highest BCUT2D eigenvalue weighted by Gasteiger charge is 2.40. The molecule has 5 nitrogen and oxygen atoms in total. The summed E-state index contributed by atoms with van der Waals surface area (Å²) in [6, 6.07) is 18.3. The average Bonchev–Trinajstić information content (AvgIpc) is 3.01. The lowest BCUT2D eigenvalue weighted by molar-refractivity contribution is -0.120. The van der Waals surface area contributed by atoms with Crippen molar-refractivity contribution in [2.24, 2.45) is 0 Å². The molecule has 0 unspecified atom stereocenters. The van der Waals surface area contributed by atoms with Gasteiger partial charge >= 0.3 is 0 Å². The largest absolute Gasteiger partial charge is 0.494 e. The van der Waals surface area contributed by atoms with E-state index in [-0.39, 0.29) is 11.3 Å². The Balaban J connectivity index is 1.82. The van der Waals surface area contributed by atoms with Gasteiger partial charge in [-0.2, -0.15) is 0 Å². The summed E-state index contributed by atoms with van der Waals surface area (Å²) in [6.07, 6.45) is 0. The van der Waals surface area contributed by atoms with Crippen LogP contribution in [-0.4, -0.2) is 18.4 Å². The molecule has 1 aliphatic heterocycles. The molecule has 0 saturated carbocycles. The van der Waals surface area contributed by atoms with Crippen LogP contribution in [0.2, 0.25) is 0 Å². The number of rotatable bonds is 6. The molecule has 1 N–H and O–H groups in total. The molecule has 0 aliphatic carbocycles. The summed E-state index contributed by atoms with van der Waals surface area (Å²) in [6.45, 7) is 6.14. The minimum Gasteiger partial charge on any atom is -0.494 e. The monoisotopic (exact) mass is 430 g/mol. The van der Waals surface area contributed by atoms with Crippen molar-refractivity contribution in [3.8, 4) is 5.75 Å². The first-order chi connectivity index (χ1) is 15.4. The van der Waals surface area contributed by atoms with E-state index >= 15 is 0 Å². The van der Waals surface area contributed by atoms with Gasteiger partial charge in [0.1, 0.15) is 17.3 Å². The molecule has 4 rings (SSSR count). The van der Waals surface area contributed by atoms with Crippen molar-refractivity contribution >= 4 is 28.8 Å². The molecule has 6 heteroatoms. The Morgan fingerprint density at radius 3 is 2.41 bits per heavy atom. The molecule has 0 radical (unpaired) electrons. The van der Waals surface area contributed by atoms with E-state index in [0.29, 0.717) is 29.3 Å². The van der Waals surface area contributed by atoms with Crippen LogP contribution in [-0.2, 0) is 9.59 Å². The minimum absolute atomic E-state index is 0.135. The summed E-state index contributed by atoms with van der Waals surface area (Å²) < 4.78 is 19.1. The number of halogens is 1. The zero-order valence-corrected chi connectivity index (χ0v) is 18.1. The van der Waals surface area contributed by atoms with Crippen LogP contribution >= 0.6 is 0 Å². The molecular formula is C26H23FN2O3. The summed E-state index contributed by atoms with van der Waals surface area (Å²) >= 11 is 0. The maximum Gasteiger partial charge on any atom is 0.282 e. The maximum absolute atomic E-state index is 13.5. The van der Waals surface area contributed by atoms with Gasteiger partial charge in [-0.25, -0.2) is 9.29 Å². The molecule has 3 aromatic rings. The Hall–Kier alpha value is -3.93. The highest BCUT2D eigenvalue weighted by atomic mass is 19.1. The lowest BCUT2D eigenvalue weighted by Gasteiger charge is -2.18. The molecule has 0 aromatic heterocycles. The van der Waals surface area contributed by atoms with Crippen molar-refractivity contribution in [2.75, 3.05) is 16.8 Å². The van der Waals surface area contributed by atoms with Crippen LogP contribution in [0.3, 0.4) is 0 Å². The molecule has 162 valence electrons. The lowest BCUT2D eigenvalue weighted by Crippen LogP contribution is -2.33.